The number of unbranched alkanes of at least 4 members (excludes halogenated alkanes) is 4. The van der Waals surface area contributed by atoms with E-state index < -0.39 is 5.97 Å². The van der Waals surface area contributed by atoms with Crippen LogP contribution in [-0.2, 0) is 9.53 Å². The second-order valence-corrected chi connectivity index (χ2v) is 3.34. The predicted octanol–water partition coefficient (Wildman–Crippen LogP) is 3.13. The predicted molar refractivity (Wildman–Crippen MR) is 60.6 cm³/mol. The smallest absolute Gasteiger partial charge is 0.332 e. The van der Waals surface area contributed by atoms with Crippen LogP contribution in [0, 0.1) is 0 Å². The van der Waals surface area contributed by atoms with Crippen molar-refractivity contribution in [2.75, 3.05) is 7.11 Å². The Morgan fingerprint density at radius 2 is 2.07 bits per heavy atom. The van der Waals surface area contributed by atoms with Gasteiger partial charge in [0.15, 0.2) is 0 Å². The maximum absolute atomic E-state index is 10.4. The van der Waals surface area contributed by atoms with Crippen molar-refractivity contribution in [2.24, 2.45) is 0 Å². The molecule has 0 aliphatic carbocycles. The highest BCUT2D eigenvalue weighted by Crippen LogP contribution is 2.05. The number of carbonyl (C=O) groups is 1. The fourth-order valence-electron chi connectivity index (χ4n) is 1.19. The lowest BCUT2D eigenvalue weighted by atomic mass is 10.1. The van der Waals surface area contributed by atoms with E-state index in [9.17, 15) is 4.79 Å². The number of methoxy groups -OCH3 is 1. The molecule has 0 aromatic heterocycles. The van der Waals surface area contributed by atoms with E-state index >= 15 is 0 Å². The van der Waals surface area contributed by atoms with Gasteiger partial charge in [-0.3, -0.25) is 0 Å². The summed E-state index contributed by atoms with van der Waals surface area (Å²) in [7, 11) is 1.47. The van der Waals surface area contributed by atoms with Crippen molar-refractivity contribution in [2.45, 2.75) is 39.0 Å². The minimum Gasteiger partial charge on any atom is -0.497 e. The van der Waals surface area contributed by atoms with Crippen molar-refractivity contribution in [1.82, 2.24) is 0 Å². The third-order valence-corrected chi connectivity index (χ3v) is 2.01. The molecular formula is C12H20O3. The Bertz CT molecular complexity index is 229. The van der Waals surface area contributed by atoms with Crippen LogP contribution in [0.2, 0.25) is 0 Å². The van der Waals surface area contributed by atoms with Crippen molar-refractivity contribution in [3.8, 4) is 0 Å². The number of rotatable bonds is 8. The summed E-state index contributed by atoms with van der Waals surface area (Å²) in [6.07, 6.45) is 10.6. The first-order chi connectivity index (χ1) is 7.20. The molecule has 0 heterocycles. The number of carboxylic acids is 1. The van der Waals surface area contributed by atoms with Crippen molar-refractivity contribution in [3.63, 3.8) is 0 Å². The van der Waals surface area contributed by atoms with Crippen LogP contribution in [0.4, 0.5) is 0 Å². The van der Waals surface area contributed by atoms with Crippen molar-refractivity contribution in [1.29, 1.82) is 0 Å². The van der Waals surface area contributed by atoms with E-state index in [1.54, 1.807) is 6.08 Å². The van der Waals surface area contributed by atoms with E-state index in [2.05, 4.69) is 6.92 Å². The van der Waals surface area contributed by atoms with E-state index in [0.717, 1.165) is 18.9 Å². The Morgan fingerprint density at radius 3 is 2.60 bits per heavy atom. The van der Waals surface area contributed by atoms with Crippen molar-refractivity contribution in [3.05, 3.63) is 24.0 Å². The summed E-state index contributed by atoms with van der Waals surface area (Å²) < 4.78 is 4.88. The molecule has 0 unspecified atom stereocenters. The van der Waals surface area contributed by atoms with Crippen LogP contribution in [-0.4, -0.2) is 18.2 Å². The zero-order valence-corrected chi connectivity index (χ0v) is 9.53. The lowest BCUT2D eigenvalue weighted by Crippen LogP contribution is -1.92. The molecule has 0 saturated carbocycles. The van der Waals surface area contributed by atoms with Gasteiger partial charge in [-0.1, -0.05) is 32.3 Å². The summed E-state index contributed by atoms with van der Waals surface area (Å²) >= 11 is 0. The summed E-state index contributed by atoms with van der Waals surface area (Å²) in [4.78, 5) is 10.4. The molecule has 0 aromatic carbocycles. The maximum atomic E-state index is 10.4. The summed E-state index contributed by atoms with van der Waals surface area (Å²) in [5, 5.41) is 8.50. The SMILES string of the molecule is CCCCCCC=CC(=CC(=O)O)OC. The molecule has 86 valence electrons. The summed E-state index contributed by atoms with van der Waals surface area (Å²) in [6.45, 7) is 2.18. The Hall–Kier alpha value is -1.25. The lowest BCUT2D eigenvalue weighted by Gasteiger charge is -1.98. The first kappa shape index (κ1) is 13.8. The molecule has 15 heavy (non-hydrogen) atoms. The summed E-state index contributed by atoms with van der Waals surface area (Å²) in [5.74, 6) is -0.597. The van der Waals surface area contributed by atoms with E-state index in [1.807, 2.05) is 6.08 Å². The van der Waals surface area contributed by atoms with E-state index in [-0.39, 0.29) is 0 Å². The van der Waals surface area contributed by atoms with Gasteiger partial charge in [0.2, 0.25) is 0 Å². The van der Waals surface area contributed by atoms with Crippen LogP contribution in [0.1, 0.15) is 39.0 Å². The van der Waals surface area contributed by atoms with Crippen LogP contribution in [0.15, 0.2) is 24.0 Å². The minimum atomic E-state index is -0.984. The number of allylic oxidation sites excluding steroid dienone is 2. The third-order valence-electron chi connectivity index (χ3n) is 2.01. The fourth-order valence-corrected chi connectivity index (χ4v) is 1.19. The average Bonchev–Trinajstić information content (AvgIpc) is 2.20. The second-order valence-electron chi connectivity index (χ2n) is 3.34. The average molecular weight is 212 g/mol. The lowest BCUT2D eigenvalue weighted by molar-refractivity contribution is -0.131. The minimum absolute atomic E-state index is 0.387. The Kier molecular flexibility index (Phi) is 8.53. The van der Waals surface area contributed by atoms with Crippen molar-refractivity contribution >= 4 is 5.97 Å². The monoisotopic (exact) mass is 212 g/mol. The molecule has 0 radical (unpaired) electrons. The molecule has 3 heteroatoms. The Balaban J connectivity index is 3.77. The highest BCUT2D eigenvalue weighted by molar-refractivity contribution is 5.80. The van der Waals surface area contributed by atoms with Gasteiger partial charge in [-0.25, -0.2) is 4.79 Å². The van der Waals surface area contributed by atoms with Gasteiger partial charge in [-0.05, 0) is 18.9 Å². The molecule has 1 N–H and O–H groups in total. The molecule has 0 aromatic rings. The van der Waals surface area contributed by atoms with Gasteiger partial charge in [0.25, 0.3) is 0 Å². The number of hydrogen-bond donors (Lipinski definition) is 1. The molecule has 0 saturated heterocycles. The molecule has 0 aliphatic heterocycles. The molecule has 0 rings (SSSR count). The number of carboxylic acid groups (broad SMARTS) is 1. The quantitative estimate of drug-likeness (QED) is 0.291. The second kappa shape index (κ2) is 9.31. The number of ether oxygens (including phenoxy) is 1. The molecule has 0 fully saturated rings. The van der Waals surface area contributed by atoms with E-state index in [1.165, 1.54) is 26.4 Å². The van der Waals surface area contributed by atoms with Gasteiger partial charge in [-0.2, -0.15) is 0 Å². The van der Waals surface area contributed by atoms with Gasteiger partial charge in [0, 0.05) is 0 Å². The van der Waals surface area contributed by atoms with Gasteiger partial charge < -0.3 is 9.84 Å². The fraction of sp³-hybridized carbons (Fsp3) is 0.583. The Morgan fingerprint density at radius 1 is 1.33 bits per heavy atom. The number of aliphatic carboxylic acids is 1. The van der Waals surface area contributed by atoms with Crippen LogP contribution < -0.4 is 0 Å². The van der Waals surface area contributed by atoms with E-state index in [0.29, 0.717) is 5.76 Å². The molecular weight excluding hydrogens is 192 g/mol. The maximum Gasteiger partial charge on any atom is 0.332 e. The van der Waals surface area contributed by atoms with Gasteiger partial charge in [-0.15, -0.1) is 0 Å². The van der Waals surface area contributed by atoms with Crippen LogP contribution in [0.5, 0.6) is 0 Å². The summed E-state index contributed by atoms with van der Waals surface area (Å²) in [5.41, 5.74) is 0. The normalized spacial score (nSPS) is 12.0. The molecule has 0 amide bonds. The zero-order chi connectivity index (χ0) is 11.5. The molecule has 0 bridgehead atoms. The molecule has 0 aliphatic rings. The topological polar surface area (TPSA) is 46.5 Å². The molecule has 0 atom stereocenters. The largest absolute Gasteiger partial charge is 0.497 e. The standard InChI is InChI=1S/C12H20O3/c1-3-4-5-6-7-8-9-11(15-2)10-12(13)14/h8-10H,3-7H2,1-2H3,(H,13,14). The van der Waals surface area contributed by atoms with Crippen LogP contribution in [0.25, 0.3) is 0 Å². The van der Waals surface area contributed by atoms with Crippen LogP contribution in [0.3, 0.4) is 0 Å². The third kappa shape index (κ3) is 9.06. The van der Waals surface area contributed by atoms with E-state index in [4.69, 9.17) is 9.84 Å². The van der Waals surface area contributed by atoms with Crippen LogP contribution >= 0.6 is 0 Å². The first-order valence-corrected chi connectivity index (χ1v) is 5.35. The van der Waals surface area contributed by atoms with Gasteiger partial charge >= 0.3 is 5.97 Å². The number of hydrogen-bond acceptors (Lipinski definition) is 2. The van der Waals surface area contributed by atoms with Gasteiger partial charge in [0.05, 0.1) is 13.2 Å². The highest BCUT2D eigenvalue weighted by atomic mass is 16.5. The highest BCUT2D eigenvalue weighted by Gasteiger charge is 1.94. The van der Waals surface area contributed by atoms with Gasteiger partial charge in [0.1, 0.15) is 5.76 Å². The summed E-state index contributed by atoms with van der Waals surface area (Å²) in [6, 6.07) is 0. The Labute approximate surface area is 91.4 Å². The molecule has 3 nitrogen and oxygen atoms in total. The zero-order valence-electron chi connectivity index (χ0n) is 9.53. The van der Waals surface area contributed by atoms with Crippen molar-refractivity contribution < 1.29 is 14.6 Å². The molecule has 0 spiro atoms. The first-order valence-electron chi connectivity index (χ1n) is 5.35.